The van der Waals surface area contributed by atoms with Gasteiger partial charge in [0.25, 0.3) is 5.91 Å². The Labute approximate surface area is 169 Å². The fourth-order valence-corrected chi connectivity index (χ4v) is 3.63. The van der Waals surface area contributed by atoms with Gasteiger partial charge in [0.15, 0.2) is 0 Å². The number of aryl methyl sites for hydroxylation is 1. The first kappa shape index (κ1) is 19.3. The molecule has 0 radical (unpaired) electrons. The van der Waals surface area contributed by atoms with E-state index >= 15 is 0 Å². The normalized spacial score (nSPS) is 15.3. The summed E-state index contributed by atoms with van der Waals surface area (Å²) in [7, 11) is 0. The third-order valence-corrected chi connectivity index (χ3v) is 5.23. The molecule has 0 aliphatic carbocycles. The van der Waals surface area contributed by atoms with Crippen molar-refractivity contribution >= 4 is 5.91 Å². The lowest BCUT2D eigenvalue weighted by molar-refractivity contribution is 0.0760. The third-order valence-electron chi connectivity index (χ3n) is 5.23. The molecule has 1 amide bonds. The zero-order valence-electron chi connectivity index (χ0n) is 16.5. The second-order valence-corrected chi connectivity index (χ2v) is 7.32. The van der Waals surface area contributed by atoms with E-state index in [-0.39, 0.29) is 11.7 Å². The van der Waals surface area contributed by atoms with Crippen molar-refractivity contribution in [2.45, 2.75) is 19.9 Å². The number of rotatable bonds is 4. The average molecular weight is 393 g/mol. The van der Waals surface area contributed by atoms with E-state index in [1.54, 1.807) is 17.0 Å². The van der Waals surface area contributed by atoms with Gasteiger partial charge < -0.3 is 9.32 Å². The van der Waals surface area contributed by atoms with Gasteiger partial charge >= 0.3 is 0 Å². The maximum absolute atomic E-state index is 13.4. The number of carbonyl (C=O) groups is 1. The molecule has 0 spiro atoms. The molecular weight excluding hydrogens is 369 g/mol. The largest absolute Gasteiger partial charge is 0.441 e. The van der Waals surface area contributed by atoms with E-state index in [4.69, 9.17) is 4.42 Å². The Balaban J connectivity index is 1.40. The molecule has 6 heteroatoms. The van der Waals surface area contributed by atoms with Crippen molar-refractivity contribution < 1.29 is 13.6 Å². The zero-order chi connectivity index (χ0) is 20.2. The number of nitrogens with zero attached hydrogens (tertiary/aromatic N) is 3. The number of hydrogen-bond acceptors (Lipinski definition) is 4. The molecule has 3 aromatic rings. The predicted octanol–water partition coefficient (Wildman–Crippen LogP) is 4.14. The van der Waals surface area contributed by atoms with Crippen LogP contribution in [0.3, 0.4) is 0 Å². The van der Waals surface area contributed by atoms with Crippen LogP contribution in [0.2, 0.25) is 0 Å². The first-order chi connectivity index (χ1) is 14.1. The van der Waals surface area contributed by atoms with Gasteiger partial charge in [-0.2, -0.15) is 0 Å². The molecule has 150 valence electrons. The summed E-state index contributed by atoms with van der Waals surface area (Å²) >= 11 is 0. The van der Waals surface area contributed by atoms with E-state index < -0.39 is 0 Å². The quantitative estimate of drug-likeness (QED) is 0.669. The lowest BCUT2D eigenvalue weighted by atomic mass is 10.2. The Morgan fingerprint density at radius 1 is 1.07 bits per heavy atom. The molecule has 1 aliphatic heterocycles. The van der Waals surface area contributed by atoms with Gasteiger partial charge in [-0.05, 0) is 43.7 Å². The highest BCUT2D eigenvalue weighted by molar-refractivity contribution is 5.94. The summed E-state index contributed by atoms with van der Waals surface area (Å²) in [6.45, 7) is 5.52. The summed E-state index contributed by atoms with van der Waals surface area (Å²) in [6, 6.07) is 15.8. The summed E-state index contributed by atoms with van der Waals surface area (Å²) in [5.41, 5.74) is 2.29. The fourth-order valence-electron chi connectivity index (χ4n) is 3.63. The van der Waals surface area contributed by atoms with Gasteiger partial charge in [-0.1, -0.05) is 24.3 Å². The smallest absolute Gasteiger partial charge is 0.254 e. The maximum atomic E-state index is 13.4. The number of hydrogen-bond donors (Lipinski definition) is 0. The molecule has 0 saturated carbocycles. The number of amides is 1. The number of halogens is 1. The monoisotopic (exact) mass is 393 g/mol. The van der Waals surface area contributed by atoms with Crippen LogP contribution in [0.4, 0.5) is 4.39 Å². The first-order valence-electron chi connectivity index (χ1n) is 9.89. The molecule has 1 saturated heterocycles. The standard InChI is InChI=1S/C23H24FN3O2/c1-17-21(25-22(29-17)18-7-3-2-4-8-18)16-26-11-6-12-27(14-13-26)23(28)19-9-5-10-20(24)15-19/h2-5,7-10,15H,6,11-14,16H2,1H3. The molecule has 29 heavy (non-hydrogen) atoms. The van der Waals surface area contributed by atoms with Gasteiger partial charge in [-0.15, -0.1) is 0 Å². The Morgan fingerprint density at radius 3 is 2.69 bits per heavy atom. The van der Waals surface area contributed by atoms with E-state index in [9.17, 15) is 9.18 Å². The van der Waals surface area contributed by atoms with Gasteiger partial charge in [0, 0.05) is 43.9 Å². The van der Waals surface area contributed by atoms with Crippen molar-refractivity contribution in [3.8, 4) is 11.5 Å². The van der Waals surface area contributed by atoms with Gasteiger partial charge in [0.2, 0.25) is 5.89 Å². The van der Waals surface area contributed by atoms with Crippen LogP contribution in [0.1, 0.15) is 28.2 Å². The molecule has 5 nitrogen and oxygen atoms in total. The van der Waals surface area contributed by atoms with Crippen molar-refractivity contribution in [2.75, 3.05) is 26.2 Å². The third kappa shape index (κ3) is 4.54. The second kappa shape index (κ2) is 8.57. The lowest BCUT2D eigenvalue weighted by Crippen LogP contribution is -2.35. The Bertz CT molecular complexity index is 987. The van der Waals surface area contributed by atoms with Crippen LogP contribution in [0.25, 0.3) is 11.5 Å². The topological polar surface area (TPSA) is 49.6 Å². The SMILES string of the molecule is Cc1oc(-c2ccccc2)nc1CN1CCCN(C(=O)c2cccc(F)c2)CC1. The van der Waals surface area contributed by atoms with Crippen molar-refractivity contribution in [1.82, 2.24) is 14.8 Å². The maximum Gasteiger partial charge on any atom is 0.254 e. The molecule has 2 heterocycles. The minimum absolute atomic E-state index is 0.115. The van der Waals surface area contributed by atoms with Crippen LogP contribution in [-0.4, -0.2) is 46.9 Å². The summed E-state index contributed by atoms with van der Waals surface area (Å²) < 4.78 is 19.3. The fraction of sp³-hybridized carbons (Fsp3) is 0.304. The summed E-state index contributed by atoms with van der Waals surface area (Å²) in [4.78, 5) is 21.5. The number of oxazole rings is 1. The van der Waals surface area contributed by atoms with E-state index in [0.717, 1.165) is 36.5 Å². The van der Waals surface area contributed by atoms with Crippen molar-refractivity contribution in [1.29, 1.82) is 0 Å². The van der Waals surface area contributed by atoms with E-state index in [1.165, 1.54) is 12.1 Å². The number of carbonyl (C=O) groups excluding carboxylic acids is 1. The lowest BCUT2D eigenvalue weighted by Gasteiger charge is -2.21. The Hall–Kier alpha value is -2.99. The minimum atomic E-state index is -0.386. The Morgan fingerprint density at radius 2 is 1.90 bits per heavy atom. The highest BCUT2D eigenvalue weighted by Gasteiger charge is 2.22. The van der Waals surface area contributed by atoms with E-state index in [1.807, 2.05) is 37.3 Å². The van der Waals surface area contributed by atoms with Crippen molar-refractivity contribution in [2.24, 2.45) is 0 Å². The molecule has 0 bridgehead atoms. The van der Waals surface area contributed by atoms with Crippen LogP contribution >= 0.6 is 0 Å². The molecule has 1 aliphatic rings. The zero-order valence-corrected chi connectivity index (χ0v) is 16.5. The van der Waals surface area contributed by atoms with Crippen LogP contribution in [-0.2, 0) is 6.54 Å². The van der Waals surface area contributed by atoms with Gasteiger partial charge in [-0.3, -0.25) is 9.69 Å². The van der Waals surface area contributed by atoms with Crippen LogP contribution in [0.15, 0.2) is 59.0 Å². The van der Waals surface area contributed by atoms with Crippen LogP contribution in [0, 0.1) is 12.7 Å². The first-order valence-corrected chi connectivity index (χ1v) is 9.89. The van der Waals surface area contributed by atoms with Gasteiger partial charge in [0.1, 0.15) is 11.6 Å². The molecule has 1 fully saturated rings. The molecule has 0 atom stereocenters. The number of aromatic nitrogens is 1. The molecule has 2 aromatic carbocycles. The summed E-state index contributed by atoms with van der Waals surface area (Å²) in [5, 5.41) is 0. The summed E-state index contributed by atoms with van der Waals surface area (Å²) in [6.07, 6.45) is 0.865. The summed E-state index contributed by atoms with van der Waals surface area (Å²) in [5.74, 6) is 0.954. The number of benzene rings is 2. The van der Waals surface area contributed by atoms with Gasteiger partial charge in [0.05, 0.1) is 5.69 Å². The highest BCUT2D eigenvalue weighted by Crippen LogP contribution is 2.22. The van der Waals surface area contributed by atoms with Gasteiger partial charge in [-0.25, -0.2) is 9.37 Å². The average Bonchev–Trinajstić information content (AvgIpc) is 2.95. The van der Waals surface area contributed by atoms with E-state index in [2.05, 4.69) is 9.88 Å². The van der Waals surface area contributed by atoms with Crippen molar-refractivity contribution in [3.63, 3.8) is 0 Å². The molecule has 1 aromatic heterocycles. The molecule has 0 unspecified atom stereocenters. The highest BCUT2D eigenvalue weighted by atomic mass is 19.1. The minimum Gasteiger partial charge on any atom is -0.441 e. The predicted molar refractivity (Wildman–Crippen MR) is 109 cm³/mol. The van der Waals surface area contributed by atoms with Crippen LogP contribution in [0.5, 0.6) is 0 Å². The molecule has 0 N–H and O–H groups in total. The Kier molecular flexibility index (Phi) is 5.71. The van der Waals surface area contributed by atoms with Crippen LogP contribution < -0.4 is 0 Å². The molecular formula is C23H24FN3O2. The van der Waals surface area contributed by atoms with E-state index in [0.29, 0.717) is 31.1 Å². The van der Waals surface area contributed by atoms with Crippen molar-refractivity contribution in [3.05, 3.63) is 77.4 Å². The molecule has 4 rings (SSSR count). The second-order valence-electron chi connectivity index (χ2n) is 7.32.